The maximum absolute atomic E-state index is 15.2. The van der Waals surface area contributed by atoms with E-state index in [9.17, 15) is 14.7 Å². The summed E-state index contributed by atoms with van der Waals surface area (Å²) in [4.78, 5) is 25.8. The minimum Gasteiger partial charge on any atom is -0.497 e. The molecule has 2 heterocycles. The number of hydrogen-bond acceptors (Lipinski definition) is 7. The Morgan fingerprint density at radius 3 is 1.95 bits per heavy atom. The molecule has 0 saturated carbocycles. The topological polar surface area (TPSA) is 112 Å². The number of nitrogens with zero attached hydrogens (tertiary/aromatic N) is 1. The third kappa shape index (κ3) is 5.04. The molecule has 3 aromatic carbocycles. The zero-order valence-electron chi connectivity index (χ0n) is 21.9. The first kappa shape index (κ1) is 27.3. The molecule has 1 fully saturated rings. The number of methoxy groups -OCH3 is 2. The fourth-order valence-electron chi connectivity index (χ4n) is 4.97. The van der Waals surface area contributed by atoms with E-state index in [0.29, 0.717) is 11.5 Å². The van der Waals surface area contributed by atoms with E-state index in [2.05, 4.69) is 4.98 Å². The van der Waals surface area contributed by atoms with E-state index in [1.54, 1.807) is 14.2 Å². The Morgan fingerprint density at radius 1 is 0.875 bits per heavy atom. The van der Waals surface area contributed by atoms with Gasteiger partial charge in [0.15, 0.2) is 12.4 Å². The van der Waals surface area contributed by atoms with E-state index < -0.39 is 41.5 Å². The molecule has 0 amide bonds. The Balaban J connectivity index is 1.56. The van der Waals surface area contributed by atoms with E-state index in [1.807, 2.05) is 78.9 Å². The van der Waals surface area contributed by atoms with Gasteiger partial charge in [-0.2, -0.15) is 0 Å². The summed E-state index contributed by atoms with van der Waals surface area (Å²) in [7, 11) is 3.16. The lowest BCUT2D eigenvalue weighted by Crippen LogP contribution is -2.39. The molecule has 10 heteroatoms. The number of benzene rings is 3. The van der Waals surface area contributed by atoms with Crippen LogP contribution in [0, 0.1) is 0 Å². The lowest BCUT2D eigenvalue weighted by molar-refractivity contribution is -0.0950. The molecule has 9 nitrogen and oxygen atoms in total. The molecular formula is C30H29FN2O7. The zero-order valence-corrected chi connectivity index (χ0v) is 21.9. The van der Waals surface area contributed by atoms with E-state index in [1.165, 1.54) is 0 Å². The van der Waals surface area contributed by atoms with Crippen molar-refractivity contribution < 1.29 is 28.4 Å². The Bertz CT molecular complexity index is 1490. The van der Waals surface area contributed by atoms with Gasteiger partial charge < -0.3 is 24.1 Å². The summed E-state index contributed by atoms with van der Waals surface area (Å²) in [5.41, 5.74) is -0.389. The second-order valence-corrected chi connectivity index (χ2v) is 9.33. The largest absolute Gasteiger partial charge is 0.497 e. The molecular weight excluding hydrogens is 519 g/mol. The Morgan fingerprint density at radius 2 is 1.43 bits per heavy atom. The van der Waals surface area contributed by atoms with Crippen LogP contribution < -0.4 is 20.7 Å². The molecule has 0 spiro atoms. The van der Waals surface area contributed by atoms with Gasteiger partial charge in [0.1, 0.15) is 29.3 Å². The minimum atomic E-state index is -1.94. The van der Waals surface area contributed by atoms with Crippen LogP contribution in [0.2, 0.25) is 0 Å². The van der Waals surface area contributed by atoms with Crippen LogP contribution in [0.15, 0.2) is 101 Å². The lowest BCUT2D eigenvalue weighted by atomic mass is 9.80. The summed E-state index contributed by atoms with van der Waals surface area (Å²) in [5.74, 6) is 1.31. The van der Waals surface area contributed by atoms with Crippen molar-refractivity contribution in [3.05, 3.63) is 129 Å². The summed E-state index contributed by atoms with van der Waals surface area (Å²) < 4.78 is 39.4. The smallest absolute Gasteiger partial charge is 0.330 e. The van der Waals surface area contributed by atoms with E-state index in [-0.39, 0.29) is 6.61 Å². The van der Waals surface area contributed by atoms with Crippen molar-refractivity contribution in [2.24, 2.45) is 0 Å². The van der Waals surface area contributed by atoms with Gasteiger partial charge in [0.2, 0.25) is 0 Å². The molecule has 1 aromatic heterocycles. The number of aliphatic hydroxyl groups excluding tert-OH is 1. The van der Waals surface area contributed by atoms with Crippen molar-refractivity contribution in [2.45, 2.75) is 30.2 Å². The number of H-pyrrole nitrogens is 1. The summed E-state index contributed by atoms with van der Waals surface area (Å²) in [6.07, 6.45) is -4.97. The fraction of sp³-hybridized carbons (Fsp3) is 0.267. The van der Waals surface area contributed by atoms with Gasteiger partial charge in [-0.15, -0.1) is 0 Å². The molecule has 1 aliphatic heterocycles. The fourth-order valence-corrected chi connectivity index (χ4v) is 4.97. The third-order valence-corrected chi connectivity index (χ3v) is 7.06. The van der Waals surface area contributed by atoms with Crippen molar-refractivity contribution in [1.29, 1.82) is 0 Å². The van der Waals surface area contributed by atoms with Crippen LogP contribution in [-0.4, -0.2) is 53.9 Å². The second kappa shape index (κ2) is 11.5. The number of halogens is 1. The van der Waals surface area contributed by atoms with Crippen LogP contribution >= 0.6 is 0 Å². The molecule has 2 N–H and O–H groups in total. The normalized spacial score (nSPS) is 20.8. The van der Waals surface area contributed by atoms with Crippen LogP contribution in [0.25, 0.3) is 0 Å². The van der Waals surface area contributed by atoms with Crippen molar-refractivity contribution >= 4 is 0 Å². The maximum atomic E-state index is 15.2. The van der Waals surface area contributed by atoms with Gasteiger partial charge >= 0.3 is 5.69 Å². The summed E-state index contributed by atoms with van der Waals surface area (Å²) in [6.45, 7) is -0.233. The highest BCUT2D eigenvalue weighted by molar-refractivity contribution is 5.49. The molecule has 4 atom stereocenters. The highest BCUT2D eigenvalue weighted by Gasteiger charge is 2.47. The Kier molecular flexibility index (Phi) is 7.83. The molecule has 1 saturated heterocycles. The van der Waals surface area contributed by atoms with Crippen LogP contribution in [0.3, 0.4) is 0 Å². The van der Waals surface area contributed by atoms with Crippen LogP contribution in [0.5, 0.6) is 11.5 Å². The predicted octanol–water partition coefficient (Wildman–Crippen LogP) is 3.16. The summed E-state index contributed by atoms with van der Waals surface area (Å²) in [6, 6.07) is 25.4. The third-order valence-electron chi connectivity index (χ3n) is 7.06. The SMILES string of the molecule is COc1ccc(C(OC[C@@H]2O[C@H](n3ccc(=O)[nH]c3=O)[C@H](F)[C@H]2O)(c2ccccc2)c2ccc(OC)cc2)cc1. The Hall–Kier alpha value is -4.25. The number of ether oxygens (including phenoxy) is 4. The van der Waals surface area contributed by atoms with Gasteiger partial charge in [0.05, 0.1) is 20.8 Å². The van der Waals surface area contributed by atoms with E-state index in [4.69, 9.17) is 18.9 Å². The van der Waals surface area contributed by atoms with Crippen molar-refractivity contribution in [1.82, 2.24) is 9.55 Å². The molecule has 40 heavy (non-hydrogen) atoms. The highest BCUT2D eigenvalue weighted by Crippen LogP contribution is 2.43. The number of aromatic amines is 1. The van der Waals surface area contributed by atoms with Gasteiger partial charge in [-0.25, -0.2) is 9.18 Å². The summed E-state index contributed by atoms with van der Waals surface area (Å²) in [5, 5.41) is 10.8. The second-order valence-electron chi connectivity index (χ2n) is 9.33. The number of nitrogens with one attached hydrogen (secondary N) is 1. The first-order valence-electron chi connectivity index (χ1n) is 12.6. The number of alkyl halides is 1. The summed E-state index contributed by atoms with van der Waals surface area (Å²) >= 11 is 0. The van der Waals surface area contributed by atoms with Crippen LogP contribution in [-0.2, 0) is 15.1 Å². The van der Waals surface area contributed by atoms with Crippen molar-refractivity contribution in [3.8, 4) is 11.5 Å². The van der Waals surface area contributed by atoms with Crippen molar-refractivity contribution in [3.63, 3.8) is 0 Å². The minimum absolute atomic E-state index is 0.233. The lowest BCUT2D eigenvalue weighted by Gasteiger charge is -2.37. The molecule has 4 aromatic rings. The molecule has 1 aliphatic rings. The molecule has 208 valence electrons. The monoisotopic (exact) mass is 548 g/mol. The first-order valence-corrected chi connectivity index (χ1v) is 12.6. The van der Waals surface area contributed by atoms with Crippen LogP contribution in [0.4, 0.5) is 4.39 Å². The van der Waals surface area contributed by atoms with Gasteiger partial charge in [-0.3, -0.25) is 14.3 Å². The average molecular weight is 549 g/mol. The van der Waals surface area contributed by atoms with Gasteiger partial charge in [-0.05, 0) is 41.0 Å². The molecule has 5 rings (SSSR count). The predicted molar refractivity (Wildman–Crippen MR) is 144 cm³/mol. The average Bonchev–Trinajstić information content (AvgIpc) is 3.27. The van der Waals surface area contributed by atoms with Gasteiger partial charge in [-0.1, -0.05) is 54.6 Å². The van der Waals surface area contributed by atoms with Crippen LogP contribution in [0.1, 0.15) is 22.9 Å². The number of aromatic nitrogens is 2. The maximum Gasteiger partial charge on any atom is 0.330 e. The molecule has 0 aliphatic carbocycles. The molecule has 0 radical (unpaired) electrons. The number of hydrogen-bond donors (Lipinski definition) is 2. The first-order chi connectivity index (χ1) is 19.4. The molecule has 0 bridgehead atoms. The zero-order chi connectivity index (χ0) is 28.3. The quantitative estimate of drug-likeness (QED) is 0.309. The molecule has 0 unspecified atom stereocenters. The standard InChI is InChI=1S/C30H29FN2O7/c1-37-22-12-8-20(9-13-22)30(19-6-4-3-5-7-19,21-10-14-23(38-2)15-11-21)39-18-24-27(35)26(31)28(40-24)33-17-16-25(34)32-29(33)36/h3-17,24,26-28,35H,18H2,1-2H3,(H,32,34,36)/t24-,26+,27-,28-/m0/s1. The van der Waals surface area contributed by atoms with E-state index in [0.717, 1.165) is 33.5 Å². The van der Waals surface area contributed by atoms with Gasteiger partial charge in [0.25, 0.3) is 5.56 Å². The number of aliphatic hydroxyl groups is 1. The van der Waals surface area contributed by atoms with Gasteiger partial charge in [0, 0.05) is 12.3 Å². The highest BCUT2D eigenvalue weighted by atomic mass is 19.1. The van der Waals surface area contributed by atoms with E-state index >= 15 is 4.39 Å². The van der Waals surface area contributed by atoms with Crippen molar-refractivity contribution in [2.75, 3.05) is 20.8 Å². The number of rotatable bonds is 9. The Labute approximate surface area is 229 Å².